The van der Waals surface area contributed by atoms with Gasteiger partial charge in [0.15, 0.2) is 11.5 Å². The molecule has 2 aliphatic heterocycles. The summed E-state index contributed by atoms with van der Waals surface area (Å²) in [5.74, 6) is -3.72. The highest BCUT2D eigenvalue weighted by molar-refractivity contribution is 6.03. The number of benzene rings is 1. The minimum absolute atomic E-state index is 0.0281. The number of nitrogens with zero attached hydrogens (tertiary/aromatic N) is 1. The summed E-state index contributed by atoms with van der Waals surface area (Å²) in [6.45, 7) is 2.10. The quantitative estimate of drug-likeness (QED) is 0.683. The summed E-state index contributed by atoms with van der Waals surface area (Å²) in [7, 11) is 1.52. The van der Waals surface area contributed by atoms with E-state index < -0.39 is 51.6 Å². The van der Waals surface area contributed by atoms with Gasteiger partial charge in [0, 0.05) is 44.7 Å². The second-order valence-electron chi connectivity index (χ2n) is 8.53. The van der Waals surface area contributed by atoms with E-state index in [-0.39, 0.29) is 23.8 Å². The molecule has 33 heavy (non-hydrogen) atoms. The number of hydrogen-bond acceptors (Lipinski definition) is 6. The molecular weight excluding hydrogens is 438 g/mol. The number of Topliss-reactive ketones (excluding diaryl/α,β-unsaturated/α-hetero) is 1. The summed E-state index contributed by atoms with van der Waals surface area (Å²) in [4.78, 5) is 38.9. The minimum atomic E-state index is -1.01. The summed E-state index contributed by atoms with van der Waals surface area (Å²) < 4.78 is 39.4. The van der Waals surface area contributed by atoms with Gasteiger partial charge in [-0.3, -0.25) is 14.4 Å². The highest BCUT2D eigenvalue weighted by atomic mass is 19.1. The largest absolute Gasteiger partial charge is 0.503 e. The number of methoxy groups -OCH3 is 1. The number of rotatable bonds is 6. The first-order valence-electron chi connectivity index (χ1n) is 10.5. The Hall–Kier alpha value is -3.11. The molecule has 10 heteroatoms. The Labute approximate surface area is 188 Å². The Morgan fingerprint density at radius 1 is 1.36 bits per heavy atom. The molecule has 2 aromatic rings. The first-order valence-corrected chi connectivity index (χ1v) is 10.5. The Balaban J connectivity index is 1.69. The van der Waals surface area contributed by atoms with Gasteiger partial charge in [0.1, 0.15) is 22.9 Å². The van der Waals surface area contributed by atoms with Crippen molar-refractivity contribution in [2.75, 3.05) is 20.3 Å². The third kappa shape index (κ3) is 3.83. The number of carbonyl (C=O) groups is 2. The van der Waals surface area contributed by atoms with Crippen LogP contribution < -0.4 is 10.7 Å². The van der Waals surface area contributed by atoms with Crippen LogP contribution in [0.5, 0.6) is 5.75 Å². The van der Waals surface area contributed by atoms with Gasteiger partial charge in [-0.25, -0.2) is 8.78 Å². The van der Waals surface area contributed by atoms with E-state index in [9.17, 15) is 28.3 Å². The van der Waals surface area contributed by atoms with E-state index in [0.29, 0.717) is 32.1 Å². The number of aromatic hydroxyl groups is 1. The average molecular weight is 462 g/mol. The molecule has 0 bridgehead atoms. The van der Waals surface area contributed by atoms with Crippen LogP contribution in [0.1, 0.15) is 52.2 Å². The maximum absolute atomic E-state index is 13.9. The van der Waals surface area contributed by atoms with Gasteiger partial charge in [-0.2, -0.15) is 0 Å². The van der Waals surface area contributed by atoms with Crippen molar-refractivity contribution in [1.29, 1.82) is 0 Å². The van der Waals surface area contributed by atoms with Gasteiger partial charge >= 0.3 is 0 Å². The first-order chi connectivity index (χ1) is 15.7. The number of ether oxygens (including phenoxy) is 2. The lowest BCUT2D eigenvalue weighted by atomic mass is 9.70. The molecule has 0 saturated carbocycles. The zero-order valence-corrected chi connectivity index (χ0v) is 18.2. The van der Waals surface area contributed by atoms with Gasteiger partial charge in [-0.1, -0.05) is 6.07 Å². The summed E-state index contributed by atoms with van der Waals surface area (Å²) in [5, 5.41) is 13.1. The van der Waals surface area contributed by atoms with Crippen LogP contribution in [0.25, 0.3) is 0 Å². The highest BCUT2D eigenvalue weighted by Crippen LogP contribution is 2.48. The molecule has 176 valence electrons. The van der Waals surface area contributed by atoms with E-state index in [1.54, 1.807) is 6.92 Å². The van der Waals surface area contributed by atoms with Crippen LogP contribution in [0, 0.1) is 17.0 Å². The summed E-state index contributed by atoms with van der Waals surface area (Å²) in [6, 6.07) is 2.55. The fraction of sp³-hybridized carbons (Fsp3) is 0.435. The average Bonchev–Trinajstić information content (AvgIpc) is 3.28. The molecule has 1 aromatic carbocycles. The number of hydrogen-bond donors (Lipinski definition) is 2. The Kier molecular flexibility index (Phi) is 6.06. The Bertz CT molecular complexity index is 1180. The summed E-state index contributed by atoms with van der Waals surface area (Å²) in [5.41, 5.74) is -2.53. The van der Waals surface area contributed by atoms with Crippen LogP contribution in [-0.2, 0) is 16.0 Å². The third-order valence-electron chi connectivity index (χ3n) is 6.51. The van der Waals surface area contributed by atoms with E-state index in [0.717, 1.165) is 6.07 Å². The van der Waals surface area contributed by atoms with E-state index in [1.165, 1.54) is 23.9 Å². The van der Waals surface area contributed by atoms with Crippen molar-refractivity contribution >= 4 is 11.7 Å². The molecule has 8 nitrogen and oxygen atoms in total. The maximum Gasteiger partial charge on any atom is 0.257 e. The number of aromatic nitrogens is 1. The van der Waals surface area contributed by atoms with Crippen molar-refractivity contribution < 1.29 is 33.0 Å². The maximum atomic E-state index is 13.9. The predicted molar refractivity (Wildman–Crippen MR) is 112 cm³/mol. The van der Waals surface area contributed by atoms with Crippen LogP contribution in [0.4, 0.5) is 8.78 Å². The first kappa shape index (κ1) is 23.1. The lowest BCUT2D eigenvalue weighted by Crippen LogP contribution is -2.50. The second-order valence-corrected chi connectivity index (χ2v) is 8.53. The van der Waals surface area contributed by atoms with Crippen molar-refractivity contribution in [2.45, 2.75) is 38.5 Å². The SMILES string of the molecule is COCCC1(C)C(=O)c2c(O)c(=O)c(C(=O)NCc3ccc(F)cc3F)cn2C2CCOC21. The standard InChI is InChI=1S/C23H24F2N2O6/c1-23(6-8-32-2)20(30)17-19(29)18(28)14(11-27(17)16-5-7-33-21(16)23)22(31)26-10-12-3-4-13(24)9-15(12)25/h3-4,9,11,16,21,29H,5-8,10H2,1-2H3,(H,26,31). The van der Waals surface area contributed by atoms with Gasteiger partial charge < -0.3 is 24.5 Å². The van der Waals surface area contributed by atoms with Gasteiger partial charge in [0.05, 0.1) is 17.6 Å². The topological polar surface area (TPSA) is 107 Å². The normalized spacial score (nSPS) is 23.8. The molecule has 0 aliphatic carbocycles. The molecule has 0 spiro atoms. The van der Waals surface area contributed by atoms with Crippen LogP contribution in [0.15, 0.2) is 29.2 Å². The molecule has 4 rings (SSSR count). The van der Waals surface area contributed by atoms with Gasteiger partial charge in [0.2, 0.25) is 5.43 Å². The number of nitrogens with one attached hydrogen (secondary N) is 1. The number of fused-ring (bicyclic) bond motifs is 3. The summed E-state index contributed by atoms with van der Waals surface area (Å²) in [6.07, 6.45) is 1.59. The van der Waals surface area contributed by atoms with Crippen LogP contribution in [0.3, 0.4) is 0 Å². The smallest absolute Gasteiger partial charge is 0.257 e. The van der Waals surface area contributed by atoms with Gasteiger partial charge in [-0.05, 0) is 25.8 Å². The van der Waals surface area contributed by atoms with Crippen molar-refractivity contribution in [2.24, 2.45) is 5.41 Å². The zero-order valence-electron chi connectivity index (χ0n) is 18.2. The molecular formula is C23H24F2N2O6. The number of carbonyl (C=O) groups excluding carboxylic acids is 2. The van der Waals surface area contributed by atoms with Crippen molar-refractivity contribution in [3.63, 3.8) is 0 Å². The molecule has 1 aromatic heterocycles. The van der Waals surface area contributed by atoms with E-state index in [2.05, 4.69) is 5.32 Å². The van der Waals surface area contributed by atoms with Gasteiger partial charge in [0.25, 0.3) is 5.91 Å². The predicted octanol–water partition coefficient (Wildman–Crippen LogP) is 2.33. The Morgan fingerprint density at radius 3 is 2.82 bits per heavy atom. The molecule has 3 unspecified atom stereocenters. The summed E-state index contributed by atoms with van der Waals surface area (Å²) >= 11 is 0. The monoisotopic (exact) mass is 462 g/mol. The molecule has 1 amide bonds. The molecule has 3 atom stereocenters. The minimum Gasteiger partial charge on any atom is -0.503 e. The molecule has 1 fully saturated rings. The zero-order chi connectivity index (χ0) is 23.9. The van der Waals surface area contributed by atoms with Crippen LogP contribution >= 0.6 is 0 Å². The van der Waals surface area contributed by atoms with Crippen molar-refractivity contribution in [1.82, 2.24) is 9.88 Å². The van der Waals surface area contributed by atoms with Crippen LogP contribution in [0.2, 0.25) is 0 Å². The van der Waals surface area contributed by atoms with Gasteiger partial charge in [-0.15, -0.1) is 0 Å². The third-order valence-corrected chi connectivity index (χ3v) is 6.51. The van der Waals surface area contributed by atoms with E-state index >= 15 is 0 Å². The molecule has 2 aliphatic rings. The number of ketones is 1. The van der Waals surface area contributed by atoms with Crippen LogP contribution in [-0.4, -0.2) is 47.8 Å². The van der Waals surface area contributed by atoms with E-state index in [1.807, 2.05) is 0 Å². The number of pyridine rings is 1. The molecule has 1 saturated heterocycles. The fourth-order valence-electron chi connectivity index (χ4n) is 4.64. The Morgan fingerprint density at radius 2 is 2.12 bits per heavy atom. The molecule has 0 radical (unpaired) electrons. The lowest BCUT2D eigenvalue weighted by Gasteiger charge is -2.42. The number of halogens is 2. The van der Waals surface area contributed by atoms with E-state index in [4.69, 9.17) is 9.47 Å². The van der Waals surface area contributed by atoms with Crippen molar-refractivity contribution in [3.8, 4) is 5.75 Å². The highest BCUT2D eigenvalue weighted by Gasteiger charge is 2.54. The molecule has 3 heterocycles. The molecule has 2 N–H and O–H groups in total. The number of amides is 1. The van der Waals surface area contributed by atoms with Crippen molar-refractivity contribution in [3.05, 3.63) is 63.1 Å². The second kappa shape index (κ2) is 8.68. The lowest BCUT2D eigenvalue weighted by molar-refractivity contribution is -0.0222. The fourth-order valence-corrected chi connectivity index (χ4v) is 4.64.